The molecule has 4 rings (SSSR count). The molecule has 25 heavy (non-hydrogen) atoms. The number of benzene rings is 1. The highest BCUT2D eigenvalue weighted by Gasteiger charge is 2.18. The summed E-state index contributed by atoms with van der Waals surface area (Å²) in [4.78, 5) is 18.5. The molecule has 3 aromatic heterocycles. The maximum absolute atomic E-state index is 12.8. The van der Waals surface area contributed by atoms with Crippen LogP contribution in [0.5, 0.6) is 0 Å². The van der Waals surface area contributed by atoms with Crippen LogP contribution in [0.3, 0.4) is 0 Å². The predicted octanol–water partition coefficient (Wildman–Crippen LogP) is 4.93. The number of fused-ring (bicyclic) bond motifs is 1. The smallest absolute Gasteiger partial charge is 0.256 e. The number of carbonyl (C=O) groups excluding carboxylic acids is 1. The Morgan fingerprint density at radius 3 is 2.72 bits per heavy atom. The Kier molecular flexibility index (Phi) is 3.86. The van der Waals surface area contributed by atoms with Crippen LogP contribution < -0.4 is 5.32 Å². The van der Waals surface area contributed by atoms with Crippen LogP contribution in [0.15, 0.2) is 60.1 Å². The van der Waals surface area contributed by atoms with Gasteiger partial charge in [0, 0.05) is 11.8 Å². The summed E-state index contributed by atoms with van der Waals surface area (Å²) in [7, 11) is 0. The lowest BCUT2D eigenvalue weighted by Gasteiger charge is -2.08. The molecular weight excluding hydrogens is 330 g/mol. The molecule has 0 saturated heterocycles. The minimum atomic E-state index is -0.133. The summed E-state index contributed by atoms with van der Waals surface area (Å²) < 4.78 is 1.91. The van der Waals surface area contributed by atoms with E-state index in [0.29, 0.717) is 11.4 Å². The summed E-state index contributed by atoms with van der Waals surface area (Å²) >= 11 is 1.61. The van der Waals surface area contributed by atoms with Crippen molar-refractivity contribution in [2.75, 3.05) is 5.32 Å². The molecule has 0 unspecified atom stereocenters. The van der Waals surface area contributed by atoms with Crippen molar-refractivity contribution in [1.82, 2.24) is 9.38 Å². The van der Waals surface area contributed by atoms with Crippen molar-refractivity contribution in [1.29, 1.82) is 0 Å². The first kappa shape index (κ1) is 15.6. The number of nitrogens with zero attached hydrogens (tertiary/aromatic N) is 2. The first-order chi connectivity index (χ1) is 12.1. The monoisotopic (exact) mass is 347 g/mol. The van der Waals surface area contributed by atoms with E-state index in [1.165, 1.54) is 5.56 Å². The molecule has 1 amide bonds. The van der Waals surface area contributed by atoms with Gasteiger partial charge in [0.25, 0.3) is 5.91 Å². The lowest BCUT2D eigenvalue weighted by molar-refractivity contribution is 0.102. The fourth-order valence-corrected chi connectivity index (χ4v) is 3.48. The van der Waals surface area contributed by atoms with Crippen LogP contribution in [0.1, 0.15) is 21.5 Å². The number of aryl methyl sites for hydroxylation is 2. The average Bonchev–Trinajstić information content (AvgIpc) is 3.25. The molecule has 0 aliphatic rings. The molecule has 5 heteroatoms. The topological polar surface area (TPSA) is 46.4 Å². The van der Waals surface area contributed by atoms with Crippen LogP contribution in [0, 0.1) is 13.8 Å². The fourth-order valence-electron chi connectivity index (χ4n) is 2.76. The zero-order valence-corrected chi connectivity index (χ0v) is 14.8. The van der Waals surface area contributed by atoms with Crippen molar-refractivity contribution in [3.05, 3.63) is 76.8 Å². The number of imidazole rings is 1. The van der Waals surface area contributed by atoms with Crippen LogP contribution >= 0.6 is 11.3 Å². The summed E-state index contributed by atoms with van der Waals surface area (Å²) in [6, 6.07) is 15.5. The Morgan fingerprint density at radius 2 is 1.96 bits per heavy atom. The van der Waals surface area contributed by atoms with E-state index in [0.717, 1.165) is 21.8 Å². The number of amides is 1. The first-order valence-electron chi connectivity index (χ1n) is 8.03. The van der Waals surface area contributed by atoms with E-state index < -0.39 is 0 Å². The molecule has 1 N–H and O–H groups in total. The molecule has 0 spiro atoms. The Balaban J connectivity index is 1.79. The van der Waals surface area contributed by atoms with Gasteiger partial charge in [0.1, 0.15) is 17.2 Å². The number of carbonyl (C=O) groups is 1. The van der Waals surface area contributed by atoms with Gasteiger partial charge in [0.2, 0.25) is 0 Å². The van der Waals surface area contributed by atoms with Crippen molar-refractivity contribution >= 4 is 28.7 Å². The Labute approximate surface area is 149 Å². The van der Waals surface area contributed by atoms with Gasteiger partial charge in [-0.2, -0.15) is 0 Å². The molecular formula is C20H17N3OS. The molecule has 0 fully saturated rings. The fraction of sp³-hybridized carbons (Fsp3) is 0.100. The van der Waals surface area contributed by atoms with Gasteiger partial charge in [-0.25, -0.2) is 4.98 Å². The van der Waals surface area contributed by atoms with Gasteiger partial charge in [0.05, 0.1) is 4.88 Å². The second kappa shape index (κ2) is 6.18. The first-order valence-corrected chi connectivity index (χ1v) is 8.91. The van der Waals surface area contributed by atoms with Gasteiger partial charge in [-0.15, -0.1) is 11.3 Å². The molecule has 4 aromatic rings. The maximum Gasteiger partial charge on any atom is 0.256 e. The van der Waals surface area contributed by atoms with E-state index in [9.17, 15) is 4.79 Å². The third kappa shape index (κ3) is 2.83. The molecule has 0 atom stereocenters. The normalized spacial score (nSPS) is 11.0. The van der Waals surface area contributed by atoms with Crippen molar-refractivity contribution in [2.24, 2.45) is 0 Å². The number of anilines is 1. The minimum Gasteiger partial charge on any atom is -0.306 e. The van der Waals surface area contributed by atoms with Crippen molar-refractivity contribution in [2.45, 2.75) is 13.8 Å². The lowest BCUT2D eigenvalue weighted by Crippen LogP contribution is -2.14. The second-order valence-corrected chi connectivity index (χ2v) is 6.92. The number of rotatable bonds is 3. The third-order valence-electron chi connectivity index (χ3n) is 4.29. The number of pyridine rings is 1. The molecule has 0 bridgehead atoms. The number of aromatic nitrogens is 2. The van der Waals surface area contributed by atoms with Crippen LogP contribution in [0.4, 0.5) is 5.82 Å². The van der Waals surface area contributed by atoms with Crippen LogP contribution in [0.25, 0.3) is 16.2 Å². The van der Waals surface area contributed by atoms with E-state index in [2.05, 4.69) is 5.32 Å². The van der Waals surface area contributed by atoms with E-state index in [-0.39, 0.29) is 5.91 Å². The summed E-state index contributed by atoms with van der Waals surface area (Å²) in [5, 5.41) is 5.06. The molecule has 0 saturated carbocycles. The lowest BCUT2D eigenvalue weighted by atomic mass is 10.1. The van der Waals surface area contributed by atoms with Gasteiger partial charge >= 0.3 is 0 Å². The van der Waals surface area contributed by atoms with E-state index >= 15 is 0 Å². The summed E-state index contributed by atoms with van der Waals surface area (Å²) in [6.07, 6.45) is 1.91. The molecule has 3 heterocycles. The highest BCUT2D eigenvalue weighted by atomic mass is 32.1. The molecule has 4 nitrogen and oxygen atoms in total. The molecule has 0 radical (unpaired) electrons. The average molecular weight is 347 g/mol. The van der Waals surface area contributed by atoms with Gasteiger partial charge in [0.15, 0.2) is 0 Å². The zero-order valence-electron chi connectivity index (χ0n) is 14.0. The summed E-state index contributed by atoms with van der Waals surface area (Å²) in [5.41, 5.74) is 4.51. The van der Waals surface area contributed by atoms with Gasteiger partial charge in [-0.3, -0.25) is 9.20 Å². The molecule has 0 aliphatic carbocycles. The van der Waals surface area contributed by atoms with E-state index in [1.807, 2.05) is 78.4 Å². The second-order valence-electron chi connectivity index (χ2n) is 5.97. The van der Waals surface area contributed by atoms with Crippen molar-refractivity contribution < 1.29 is 4.79 Å². The zero-order chi connectivity index (χ0) is 17.4. The predicted molar refractivity (Wildman–Crippen MR) is 102 cm³/mol. The molecule has 124 valence electrons. The standard InChI is InChI=1S/C20H17N3OS/c1-13-8-9-15(12-14(13)2)20(24)22-19-18(16-6-5-11-25-16)21-17-7-3-4-10-23(17)19/h3-12H,1-2H3,(H,22,24). The quantitative estimate of drug-likeness (QED) is 0.571. The van der Waals surface area contributed by atoms with Gasteiger partial charge < -0.3 is 5.32 Å². The SMILES string of the molecule is Cc1ccc(C(=O)Nc2c(-c3cccs3)nc3ccccn23)cc1C. The van der Waals surface area contributed by atoms with Crippen molar-refractivity contribution in [3.63, 3.8) is 0 Å². The van der Waals surface area contributed by atoms with Crippen LogP contribution in [-0.4, -0.2) is 15.3 Å². The number of thiophene rings is 1. The Bertz CT molecular complexity index is 1060. The highest BCUT2D eigenvalue weighted by molar-refractivity contribution is 7.13. The number of nitrogens with one attached hydrogen (secondary N) is 1. The Hall–Kier alpha value is -2.92. The Morgan fingerprint density at radius 1 is 1.08 bits per heavy atom. The summed E-state index contributed by atoms with van der Waals surface area (Å²) in [5.74, 6) is 0.563. The number of hydrogen-bond donors (Lipinski definition) is 1. The number of hydrogen-bond acceptors (Lipinski definition) is 3. The van der Waals surface area contributed by atoms with Crippen LogP contribution in [0.2, 0.25) is 0 Å². The van der Waals surface area contributed by atoms with Gasteiger partial charge in [-0.05, 0) is 60.7 Å². The van der Waals surface area contributed by atoms with Crippen LogP contribution in [-0.2, 0) is 0 Å². The third-order valence-corrected chi connectivity index (χ3v) is 5.16. The van der Waals surface area contributed by atoms with Crippen molar-refractivity contribution in [3.8, 4) is 10.6 Å². The van der Waals surface area contributed by atoms with Gasteiger partial charge in [-0.1, -0.05) is 18.2 Å². The summed E-state index contributed by atoms with van der Waals surface area (Å²) in [6.45, 7) is 4.05. The molecule has 1 aromatic carbocycles. The molecule has 0 aliphatic heterocycles. The van der Waals surface area contributed by atoms with E-state index in [1.54, 1.807) is 11.3 Å². The largest absolute Gasteiger partial charge is 0.306 e. The van der Waals surface area contributed by atoms with E-state index in [4.69, 9.17) is 4.98 Å². The maximum atomic E-state index is 12.8. The highest BCUT2D eigenvalue weighted by Crippen LogP contribution is 2.32. The minimum absolute atomic E-state index is 0.133.